The van der Waals surface area contributed by atoms with Gasteiger partial charge < -0.3 is 0 Å². The van der Waals surface area contributed by atoms with Crippen LogP contribution in [0.1, 0.15) is 30.9 Å². The molecule has 0 aliphatic heterocycles. The zero-order chi connectivity index (χ0) is 8.77. The first-order chi connectivity index (χ1) is 5.63. The maximum absolute atomic E-state index is 6.05. The summed E-state index contributed by atoms with van der Waals surface area (Å²) in [6, 6.07) is 6.22. The molecule has 1 aromatic rings. The fraction of sp³-hybridized carbons (Fsp3) is 0.455. The fourth-order valence-electron chi connectivity index (χ4n) is 1.72. The molecule has 1 heteroatoms. The second kappa shape index (κ2) is 2.50. The van der Waals surface area contributed by atoms with Crippen LogP contribution in [0.5, 0.6) is 0 Å². The molecule has 2 rings (SSSR count). The lowest BCUT2D eigenvalue weighted by Gasteiger charge is -2.12. The maximum Gasteiger partial charge on any atom is 0.0438 e. The lowest BCUT2D eigenvalue weighted by atomic mass is 9.94. The molecule has 0 radical (unpaired) electrons. The van der Waals surface area contributed by atoms with E-state index in [0.29, 0.717) is 5.41 Å². The number of rotatable bonds is 1. The van der Waals surface area contributed by atoms with Gasteiger partial charge in [0.15, 0.2) is 0 Å². The topological polar surface area (TPSA) is 0 Å². The highest BCUT2D eigenvalue weighted by atomic mass is 35.5. The highest BCUT2D eigenvalue weighted by Crippen LogP contribution is 2.49. The maximum atomic E-state index is 6.05. The van der Waals surface area contributed by atoms with Gasteiger partial charge in [-0.25, -0.2) is 0 Å². The SMILES string of the molecule is Cc1c(Cl)cccc1C1(C)CC1. The molecule has 0 unspecified atom stereocenters. The predicted molar refractivity (Wildman–Crippen MR) is 52.8 cm³/mol. The summed E-state index contributed by atoms with van der Waals surface area (Å²) >= 11 is 6.05. The van der Waals surface area contributed by atoms with Gasteiger partial charge in [0, 0.05) is 5.02 Å². The van der Waals surface area contributed by atoms with E-state index in [4.69, 9.17) is 11.6 Å². The molecule has 1 saturated carbocycles. The van der Waals surface area contributed by atoms with Crippen molar-refractivity contribution in [2.45, 2.75) is 32.1 Å². The van der Waals surface area contributed by atoms with Crippen molar-refractivity contribution in [3.63, 3.8) is 0 Å². The Labute approximate surface area is 78.6 Å². The molecule has 1 aromatic carbocycles. The standard InChI is InChI=1S/C11H13Cl/c1-8-9(11(2)6-7-11)4-3-5-10(8)12/h3-5H,6-7H2,1-2H3. The van der Waals surface area contributed by atoms with Crippen LogP contribution in [0.25, 0.3) is 0 Å². The molecule has 1 fully saturated rings. The zero-order valence-electron chi connectivity index (χ0n) is 7.52. The molecule has 0 aromatic heterocycles. The smallest absolute Gasteiger partial charge is 0.0438 e. The minimum Gasteiger partial charge on any atom is -0.0840 e. The van der Waals surface area contributed by atoms with E-state index in [1.165, 1.54) is 24.0 Å². The van der Waals surface area contributed by atoms with Crippen molar-refractivity contribution >= 4 is 11.6 Å². The molecule has 0 spiro atoms. The molecular weight excluding hydrogens is 168 g/mol. The van der Waals surface area contributed by atoms with E-state index in [0.717, 1.165) is 5.02 Å². The molecule has 12 heavy (non-hydrogen) atoms. The first-order valence-electron chi connectivity index (χ1n) is 4.39. The second-order valence-electron chi connectivity index (χ2n) is 3.97. The van der Waals surface area contributed by atoms with Gasteiger partial charge in [-0.05, 0) is 42.4 Å². The number of benzene rings is 1. The highest BCUT2D eigenvalue weighted by molar-refractivity contribution is 6.31. The first kappa shape index (κ1) is 8.12. The average molecular weight is 181 g/mol. The minimum absolute atomic E-state index is 0.439. The first-order valence-corrected chi connectivity index (χ1v) is 4.77. The van der Waals surface area contributed by atoms with Crippen molar-refractivity contribution < 1.29 is 0 Å². The van der Waals surface area contributed by atoms with E-state index < -0.39 is 0 Å². The van der Waals surface area contributed by atoms with Gasteiger partial charge in [0.25, 0.3) is 0 Å². The summed E-state index contributed by atoms with van der Waals surface area (Å²) in [5, 5.41) is 0.903. The Balaban J connectivity index is 2.51. The molecule has 0 heterocycles. The molecule has 0 amide bonds. The van der Waals surface area contributed by atoms with Crippen molar-refractivity contribution in [2.75, 3.05) is 0 Å². The van der Waals surface area contributed by atoms with Crippen molar-refractivity contribution in [1.82, 2.24) is 0 Å². The zero-order valence-corrected chi connectivity index (χ0v) is 8.28. The third-order valence-electron chi connectivity index (χ3n) is 2.92. The van der Waals surface area contributed by atoms with Crippen LogP contribution < -0.4 is 0 Å². The summed E-state index contributed by atoms with van der Waals surface area (Å²) in [4.78, 5) is 0. The fourth-order valence-corrected chi connectivity index (χ4v) is 1.89. The lowest BCUT2D eigenvalue weighted by Crippen LogP contribution is -2.02. The Bertz CT molecular complexity index is 311. The average Bonchev–Trinajstić information content (AvgIpc) is 2.75. The Morgan fingerprint density at radius 2 is 2.00 bits per heavy atom. The molecular formula is C11H13Cl. The Kier molecular flexibility index (Phi) is 1.69. The Morgan fingerprint density at radius 1 is 1.33 bits per heavy atom. The predicted octanol–water partition coefficient (Wildman–Crippen LogP) is 3.70. The molecule has 0 saturated heterocycles. The minimum atomic E-state index is 0.439. The molecule has 0 nitrogen and oxygen atoms in total. The summed E-state index contributed by atoms with van der Waals surface area (Å²) in [6.45, 7) is 4.42. The molecule has 1 aliphatic rings. The van der Waals surface area contributed by atoms with E-state index >= 15 is 0 Å². The summed E-state index contributed by atoms with van der Waals surface area (Å²) in [5.74, 6) is 0. The third-order valence-corrected chi connectivity index (χ3v) is 3.33. The van der Waals surface area contributed by atoms with Gasteiger partial charge in [-0.15, -0.1) is 0 Å². The van der Waals surface area contributed by atoms with E-state index in [2.05, 4.69) is 19.9 Å². The summed E-state index contributed by atoms with van der Waals surface area (Å²) in [5.41, 5.74) is 3.14. The van der Waals surface area contributed by atoms with Gasteiger partial charge >= 0.3 is 0 Å². The van der Waals surface area contributed by atoms with Crippen LogP contribution in [-0.2, 0) is 5.41 Å². The van der Waals surface area contributed by atoms with Crippen LogP contribution in [-0.4, -0.2) is 0 Å². The van der Waals surface area contributed by atoms with Gasteiger partial charge in [0.05, 0.1) is 0 Å². The summed E-state index contributed by atoms with van der Waals surface area (Å²) in [6.07, 6.45) is 2.63. The molecule has 1 aliphatic carbocycles. The Hall–Kier alpha value is -0.490. The van der Waals surface area contributed by atoms with Crippen LogP contribution in [0.4, 0.5) is 0 Å². The van der Waals surface area contributed by atoms with E-state index in [9.17, 15) is 0 Å². The second-order valence-corrected chi connectivity index (χ2v) is 4.38. The van der Waals surface area contributed by atoms with Crippen molar-refractivity contribution in [2.24, 2.45) is 0 Å². The number of hydrogen-bond donors (Lipinski definition) is 0. The van der Waals surface area contributed by atoms with Crippen LogP contribution in [0, 0.1) is 6.92 Å². The third kappa shape index (κ3) is 1.15. The lowest BCUT2D eigenvalue weighted by molar-refractivity contribution is 0.780. The summed E-state index contributed by atoms with van der Waals surface area (Å²) in [7, 11) is 0. The molecule has 64 valence electrons. The Morgan fingerprint density at radius 3 is 2.58 bits per heavy atom. The molecule has 0 N–H and O–H groups in total. The quantitative estimate of drug-likeness (QED) is 0.618. The van der Waals surface area contributed by atoms with Gasteiger partial charge in [-0.1, -0.05) is 30.7 Å². The highest BCUT2D eigenvalue weighted by Gasteiger charge is 2.40. The van der Waals surface area contributed by atoms with Gasteiger partial charge in [0.2, 0.25) is 0 Å². The van der Waals surface area contributed by atoms with E-state index in [1.54, 1.807) is 0 Å². The molecule has 0 atom stereocenters. The van der Waals surface area contributed by atoms with Crippen molar-refractivity contribution in [3.8, 4) is 0 Å². The van der Waals surface area contributed by atoms with E-state index in [-0.39, 0.29) is 0 Å². The normalized spacial score (nSPS) is 19.2. The summed E-state index contributed by atoms with van der Waals surface area (Å²) < 4.78 is 0. The number of halogens is 1. The van der Waals surface area contributed by atoms with Gasteiger partial charge in [-0.3, -0.25) is 0 Å². The van der Waals surface area contributed by atoms with Crippen LogP contribution >= 0.6 is 11.6 Å². The van der Waals surface area contributed by atoms with Gasteiger partial charge in [-0.2, -0.15) is 0 Å². The largest absolute Gasteiger partial charge is 0.0840 e. The van der Waals surface area contributed by atoms with Gasteiger partial charge in [0.1, 0.15) is 0 Å². The van der Waals surface area contributed by atoms with Crippen molar-refractivity contribution in [1.29, 1.82) is 0 Å². The monoisotopic (exact) mass is 180 g/mol. The van der Waals surface area contributed by atoms with Crippen LogP contribution in [0.2, 0.25) is 5.02 Å². The van der Waals surface area contributed by atoms with E-state index in [1.807, 2.05) is 12.1 Å². The number of hydrogen-bond acceptors (Lipinski definition) is 0. The van der Waals surface area contributed by atoms with Crippen LogP contribution in [0.3, 0.4) is 0 Å². The van der Waals surface area contributed by atoms with Crippen molar-refractivity contribution in [3.05, 3.63) is 34.3 Å². The molecule has 0 bridgehead atoms. The van der Waals surface area contributed by atoms with Crippen LogP contribution in [0.15, 0.2) is 18.2 Å².